The van der Waals surface area contributed by atoms with E-state index in [0.29, 0.717) is 16.8 Å². The maximum absolute atomic E-state index is 12.4. The lowest BCUT2D eigenvalue weighted by molar-refractivity contribution is 0.102. The van der Waals surface area contributed by atoms with E-state index in [0.717, 1.165) is 11.3 Å². The van der Waals surface area contributed by atoms with Crippen LogP contribution < -0.4 is 10.1 Å². The lowest BCUT2D eigenvalue weighted by Crippen LogP contribution is -2.11. The third-order valence-electron chi connectivity index (χ3n) is 3.57. The summed E-state index contributed by atoms with van der Waals surface area (Å²) in [4.78, 5) is 12.4. The molecular formula is C17H18N4O2. The number of methoxy groups -OCH3 is 1. The molecule has 23 heavy (non-hydrogen) atoms. The molecule has 1 heterocycles. The first-order valence-electron chi connectivity index (χ1n) is 7.39. The fourth-order valence-electron chi connectivity index (χ4n) is 2.34. The number of fused-ring (bicyclic) bond motifs is 1. The Kier molecular flexibility index (Phi) is 3.97. The fraction of sp³-hybridized carbons (Fsp3) is 0.235. The number of benzene rings is 2. The Hall–Kier alpha value is -2.89. The summed E-state index contributed by atoms with van der Waals surface area (Å²) < 4.78 is 6.93. The number of carbonyl (C=O) groups is 1. The number of amides is 1. The van der Waals surface area contributed by atoms with Crippen LogP contribution in [-0.4, -0.2) is 28.0 Å². The van der Waals surface area contributed by atoms with E-state index in [1.54, 1.807) is 43.5 Å². The highest BCUT2D eigenvalue weighted by Gasteiger charge is 2.12. The van der Waals surface area contributed by atoms with Gasteiger partial charge in [-0.15, -0.1) is 5.10 Å². The van der Waals surface area contributed by atoms with Crippen LogP contribution in [-0.2, 0) is 0 Å². The summed E-state index contributed by atoms with van der Waals surface area (Å²) in [5, 5.41) is 11.1. The van der Waals surface area contributed by atoms with Crippen molar-refractivity contribution in [2.24, 2.45) is 0 Å². The number of nitrogens with one attached hydrogen (secondary N) is 1. The lowest BCUT2D eigenvalue weighted by atomic mass is 10.1. The number of rotatable bonds is 4. The Morgan fingerprint density at radius 2 is 1.91 bits per heavy atom. The van der Waals surface area contributed by atoms with Gasteiger partial charge in [0.25, 0.3) is 5.91 Å². The molecule has 3 rings (SSSR count). The standard InChI is InChI=1S/C17H18N4O2/c1-11(2)21-16-9-4-12(10-15(16)19-20-21)17(22)18-13-5-7-14(23-3)8-6-13/h4-11H,1-3H3,(H,18,22). The topological polar surface area (TPSA) is 69.0 Å². The molecule has 0 unspecified atom stereocenters. The number of anilines is 1. The smallest absolute Gasteiger partial charge is 0.255 e. The molecule has 0 radical (unpaired) electrons. The molecule has 1 aromatic heterocycles. The largest absolute Gasteiger partial charge is 0.497 e. The van der Waals surface area contributed by atoms with Crippen molar-refractivity contribution in [3.63, 3.8) is 0 Å². The number of carbonyl (C=O) groups excluding carboxylic acids is 1. The highest BCUT2D eigenvalue weighted by atomic mass is 16.5. The SMILES string of the molecule is COc1ccc(NC(=O)c2ccc3c(c2)nnn3C(C)C)cc1. The summed E-state index contributed by atoms with van der Waals surface area (Å²) in [6.45, 7) is 4.08. The quantitative estimate of drug-likeness (QED) is 0.803. The molecule has 0 aliphatic rings. The van der Waals surface area contributed by atoms with Gasteiger partial charge in [0.1, 0.15) is 11.3 Å². The highest BCUT2D eigenvalue weighted by Crippen LogP contribution is 2.19. The van der Waals surface area contributed by atoms with Crippen LogP contribution in [0.3, 0.4) is 0 Å². The van der Waals surface area contributed by atoms with Crippen molar-refractivity contribution >= 4 is 22.6 Å². The molecule has 2 aromatic carbocycles. The first-order valence-corrected chi connectivity index (χ1v) is 7.39. The molecule has 1 N–H and O–H groups in total. The minimum atomic E-state index is -0.184. The molecule has 0 bridgehead atoms. The molecule has 6 nitrogen and oxygen atoms in total. The number of hydrogen-bond donors (Lipinski definition) is 1. The second-order valence-corrected chi connectivity index (χ2v) is 5.51. The van der Waals surface area contributed by atoms with E-state index in [1.165, 1.54) is 0 Å². The summed E-state index contributed by atoms with van der Waals surface area (Å²) in [6, 6.07) is 12.8. The van der Waals surface area contributed by atoms with Crippen molar-refractivity contribution in [1.82, 2.24) is 15.0 Å². The molecule has 1 amide bonds. The summed E-state index contributed by atoms with van der Waals surface area (Å²) >= 11 is 0. The van der Waals surface area contributed by atoms with Crippen molar-refractivity contribution in [3.8, 4) is 5.75 Å². The predicted octanol–water partition coefficient (Wildman–Crippen LogP) is 3.27. The third-order valence-corrected chi connectivity index (χ3v) is 3.57. The first kappa shape index (κ1) is 15.0. The van der Waals surface area contributed by atoms with Gasteiger partial charge in [-0.05, 0) is 56.3 Å². The van der Waals surface area contributed by atoms with Crippen LogP contribution in [0.25, 0.3) is 11.0 Å². The van der Waals surface area contributed by atoms with E-state index in [4.69, 9.17) is 4.74 Å². The van der Waals surface area contributed by atoms with E-state index in [-0.39, 0.29) is 11.9 Å². The van der Waals surface area contributed by atoms with Gasteiger partial charge in [0.05, 0.1) is 12.6 Å². The third kappa shape index (κ3) is 3.01. The Bertz CT molecular complexity index is 837. The normalized spacial score (nSPS) is 11.0. The van der Waals surface area contributed by atoms with Gasteiger partial charge in [-0.2, -0.15) is 0 Å². The first-order chi connectivity index (χ1) is 11.1. The van der Waals surface area contributed by atoms with Crippen molar-refractivity contribution in [3.05, 3.63) is 48.0 Å². The maximum Gasteiger partial charge on any atom is 0.255 e. The predicted molar refractivity (Wildman–Crippen MR) is 88.9 cm³/mol. The molecule has 0 atom stereocenters. The van der Waals surface area contributed by atoms with Crippen LogP contribution in [0.15, 0.2) is 42.5 Å². The van der Waals surface area contributed by atoms with Crippen molar-refractivity contribution in [2.45, 2.75) is 19.9 Å². The second-order valence-electron chi connectivity index (χ2n) is 5.51. The van der Waals surface area contributed by atoms with E-state index in [9.17, 15) is 4.79 Å². The minimum Gasteiger partial charge on any atom is -0.497 e. The minimum absolute atomic E-state index is 0.184. The Morgan fingerprint density at radius 1 is 1.17 bits per heavy atom. The van der Waals surface area contributed by atoms with Crippen LogP contribution in [0.1, 0.15) is 30.2 Å². The lowest BCUT2D eigenvalue weighted by Gasteiger charge is -2.07. The summed E-state index contributed by atoms with van der Waals surface area (Å²) in [6.07, 6.45) is 0. The number of aromatic nitrogens is 3. The summed E-state index contributed by atoms with van der Waals surface area (Å²) in [5.74, 6) is 0.561. The van der Waals surface area contributed by atoms with Crippen molar-refractivity contribution in [1.29, 1.82) is 0 Å². The van der Waals surface area contributed by atoms with Gasteiger partial charge in [0.2, 0.25) is 0 Å². The van der Waals surface area contributed by atoms with Crippen molar-refractivity contribution in [2.75, 3.05) is 12.4 Å². The van der Waals surface area contributed by atoms with Crippen LogP contribution in [0.5, 0.6) is 5.75 Å². The molecule has 0 saturated carbocycles. The monoisotopic (exact) mass is 310 g/mol. The molecule has 0 saturated heterocycles. The zero-order chi connectivity index (χ0) is 16.4. The number of ether oxygens (including phenoxy) is 1. The zero-order valence-corrected chi connectivity index (χ0v) is 13.3. The summed E-state index contributed by atoms with van der Waals surface area (Å²) in [5.41, 5.74) is 2.88. The number of hydrogen-bond acceptors (Lipinski definition) is 4. The van der Waals surface area contributed by atoms with E-state index in [2.05, 4.69) is 15.6 Å². The van der Waals surface area contributed by atoms with Gasteiger partial charge >= 0.3 is 0 Å². The second kappa shape index (κ2) is 6.08. The van der Waals surface area contributed by atoms with Crippen LogP contribution >= 0.6 is 0 Å². The van der Waals surface area contributed by atoms with Gasteiger partial charge in [0.15, 0.2) is 0 Å². The Labute approximate surface area is 134 Å². The molecule has 3 aromatic rings. The maximum atomic E-state index is 12.4. The van der Waals surface area contributed by atoms with Crippen LogP contribution in [0, 0.1) is 0 Å². The van der Waals surface area contributed by atoms with Crippen molar-refractivity contribution < 1.29 is 9.53 Å². The van der Waals surface area contributed by atoms with Crippen LogP contribution in [0.4, 0.5) is 5.69 Å². The average Bonchev–Trinajstić information content (AvgIpc) is 2.98. The van der Waals surface area contributed by atoms with E-state index < -0.39 is 0 Å². The molecular weight excluding hydrogens is 292 g/mol. The Balaban J connectivity index is 1.82. The van der Waals surface area contributed by atoms with E-state index >= 15 is 0 Å². The highest BCUT2D eigenvalue weighted by molar-refractivity contribution is 6.05. The number of nitrogens with zero attached hydrogens (tertiary/aromatic N) is 3. The van der Waals surface area contributed by atoms with Gasteiger partial charge in [-0.3, -0.25) is 4.79 Å². The molecule has 6 heteroatoms. The molecule has 118 valence electrons. The van der Waals surface area contributed by atoms with Gasteiger partial charge in [0, 0.05) is 17.3 Å². The molecule has 0 fully saturated rings. The average molecular weight is 310 g/mol. The molecule has 0 spiro atoms. The van der Waals surface area contributed by atoms with Crippen LogP contribution in [0.2, 0.25) is 0 Å². The molecule has 0 aliphatic carbocycles. The molecule has 0 aliphatic heterocycles. The van der Waals surface area contributed by atoms with Gasteiger partial charge in [-0.25, -0.2) is 4.68 Å². The van der Waals surface area contributed by atoms with Gasteiger partial charge in [-0.1, -0.05) is 5.21 Å². The summed E-state index contributed by atoms with van der Waals surface area (Å²) in [7, 11) is 1.60. The Morgan fingerprint density at radius 3 is 2.57 bits per heavy atom. The van der Waals surface area contributed by atoms with Gasteiger partial charge < -0.3 is 10.1 Å². The van der Waals surface area contributed by atoms with E-state index in [1.807, 2.05) is 24.6 Å². The fourth-order valence-corrected chi connectivity index (χ4v) is 2.34. The zero-order valence-electron chi connectivity index (χ0n) is 13.3.